The average Bonchev–Trinajstić information content (AvgIpc) is 2.42. The van der Waals surface area contributed by atoms with Gasteiger partial charge in [0.2, 0.25) is 0 Å². The highest BCUT2D eigenvalue weighted by atomic mass is 35.5. The number of ether oxygens (including phenoxy) is 1. The summed E-state index contributed by atoms with van der Waals surface area (Å²) in [5.41, 5.74) is 3.09. The lowest BCUT2D eigenvalue weighted by Crippen LogP contribution is -2.23. The van der Waals surface area contributed by atoms with Crippen LogP contribution in [0.3, 0.4) is 0 Å². The van der Waals surface area contributed by atoms with Gasteiger partial charge in [0.15, 0.2) is 0 Å². The fourth-order valence-electron chi connectivity index (χ4n) is 2.30. The van der Waals surface area contributed by atoms with E-state index in [0.29, 0.717) is 23.9 Å². The zero-order valence-corrected chi connectivity index (χ0v) is 11.0. The molecule has 1 unspecified atom stereocenters. The maximum absolute atomic E-state index is 13.0. The van der Waals surface area contributed by atoms with Crippen molar-refractivity contribution in [2.45, 2.75) is 12.6 Å². The Kier molecular flexibility index (Phi) is 3.40. The topological polar surface area (TPSA) is 21.3 Å². The first-order valence-electron chi connectivity index (χ1n) is 6.11. The minimum Gasteiger partial charge on any atom is -0.375 e. The summed E-state index contributed by atoms with van der Waals surface area (Å²) in [7, 11) is 0. The predicted molar refractivity (Wildman–Crippen MR) is 73.9 cm³/mol. The monoisotopic (exact) mass is 277 g/mol. The van der Waals surface area contributed by atoms with E-state index in [1.165, 1.54) is 23.3 Å². The lowest BCUT2D eigenvalue weighted by molar-refractivity contribution is 0.0970. The molecule has 0 radical (unpaired) electrons. The van der Waals surface area contributed by atoms with Crippen molar-refractivity contribution in [1.82, 2.24) is 0 Å². The van der Waals surface area contributed by atoms with Gasteiger partial charge in [0.1, 0.15) is 5.82 Å². The summed E-state index contributed by atoms with van der Waals surface area (Å²) in [5, 5.41) is 3.69. The molecule has 0 aromatic heterocycles. The molecule has 1 heterocycles. The molecule has 19 heavy (non-hydrogen) atoms. The van der Waals surface area contributed by atoms with Gasteiger partial charge in [0, 0.05) is 0 Å². The zero-order valence-electron chi connectivity index (χ0n) is 10.2. The summed E-state index contributed by atoms with van der Waals surface area (Å²) in [6, 6.07) is 12.5. The van der Waals surface area contributed by atoms with E-state index in [1.807, 2.05) is 12.1 Å². The normalized spacial score (nSPS) is 17.9. The molecule has 1 aliphatic heterocycles. The molecule has 2 nitrogen and oxygen atoms in total. The Balaban J connectivity index is 1.88. The summed E-state index contributed by atoms with van der Waals surface area (Å²) in [6.45, 7) is 1.20. The Morgan fingerprint density at radius 3 is 2.89 bits per heavy atom. The predicted octanol–water partition coefficient (Wildman–Crippen LogP) is 4.16. The van der Waals surface area contributed by atoms with Crippen LogP contribution in [0.2, 0.25) is 5.02 Å². The Morgan fingerprint density at radius 2 is 2.05 bits per heavy atom. The van der Waals surface area contributed by atoms with Crippen LogP contribution in [-0.2, 0) is 11.3 Å². The van der Waals surface area contributed by atoms with E-state index in [4.69, 9.17) is 16.3 Å². The number of anilines is 1. The molecule has 2 aromatic carbocycles. The summed E-state index contributed by atoms with van der Waals surface area (Å²) in [6.07, 6.45) is 0. The number of halogens is 2. The van der Waals surface area contributed by atoms with E-state index >= 15 is 0 Å². The van der Waals surface area contributed by atoms with E-state index < -0.39 is 0 Å². The lowest BCUT2D eigenvalue weighted by atomic mass is 9.99. The van der Waals surface area contributed by atoms with E-state index in [2.05, 4.69) is 17.4 Å². The lowest BCUT2D eigenvalue weighted by Gasteiger charge is -2.27. The third-order valence-electron chi connectivity index (χ3n) is 3.23. The van der Waals surface area contributed by atoms with Crippen LogP contribution >= 0.6 is 11.6 Å². The fraction of sp³-hybridized carbons (Fsp3) is 0.200. The summed E-state index contributed by atoms with van der Waals surface area (Å²) in [5.74, 6) is -0.337. The first-order valence-corrected chi connectivity index (χ1v) is 6.49. The van der Waals surface area contributed by atoms with Crippen molar-refractivity contribution in [2.24, 2.45) is 0 Å². The largest absolute Gasteiger partial charge is 0.375 e. The van der Waals surface area contributed by atoms with Gasteiger partial charge >= 0.3 is 0 Å². The summed E-state index contributed by atoms with van der Waals surface area (Å²) in [4.78, 5) is 0. The van der Waals surface area contributed by atoms with Crippen molar-refractivity contribution < 1.29 is 9.13 Å². The van der Waals surface area contributed by atoms with Crippen LogP contribution in [0.25, 0.3) is 0 Å². The van der Waals surface area contributed by atoms with Crippen molar-refractivity contribution in [2.75, 3.05) is 11.9 Å². The van der Waals surface area contributed by atoms with Gasteiger partial charge < -0.3 is 10.1 Å². The number of nitrogens with one attached hydrogen (secondary N) is 1. The minimum atomic E-state index is -0.337. The number of fused-ring (bicyclic) bond motifs is 1. The van der Waals surface area contributed by atoms with Crippen molar-refractivity contribution in [3.05, 3.63) is 64.4 Å². The van der Waals surface area contributed by atoms with Crippen molar-refractivity contribution in [3.63, 3.8) is 0 Å². The molecule has 0 saturated carbocycles. The second kappa shape index (κ2) is 5.19. The highest BCUT2D eigenvalue weighted by molar-refractivity contribution is 6.33. The molecular formula is C15H13ClFNO. The van der Waals surface area contributed by atoms with Crippen LogP contribution in [-0.4, -0.2) is 6.61 Å². The van der Waals surface area contributed by atoms with Crippen molar-refractivity contribution >= 4 is 17.3 Å². The van der Waals surface area contributed by atoms with Crippen molar-refractivity contribution in [3.8, 4) is 0 Å². The fourth-order valence-corrected chi connectivity index (χ4v) is 2.52. The molecule has 3 rings (SSSR count). The standard InChI is InChI=1S/C15H13ClFNO/c16-13-7-11(17)5-6-14(13)18-15-9-19-8-10-3-1-2-4-12(10)15/h1-7,15,18H,8-9H2. The van der Waals surface area contributed by atoms with E-state index in [9.17, 15) is 4.39 Å². The number of hydrogen-bond acceptors (Lipinski definition) is 2. The Labute approximate surface area is 116 Å². The molecule has 2 aromatic rings. The van der Waals surface area contributed by atoms with Gasteiger partial charge in [0.25, 0.3) is 0 Å². The molecule has 0 amide bonds. The van der Waals surface area contributed by atoms with E-state index in [-0.39, 0.29) is 11.9 Å². The van der Waals surface area contributed by atoms with E-state index in [0.717, 1.165) is 0 Å². The molecule has 0 bridgehead atoms. The quantitative estimate of drug-likeness (QED) is 0.890. The molecule has 4 heteroatoms. The second-order valence-corrected chi connectivity index (χ2v) is 4.94. The van der Waals surface area contributed by atoms with Crippen molar-refractivity contribution in [1.29, 1.82) is 0 Å². The molecule has 0 spiro atoms. The zero-order chi connectivity index (χ0) is 13.2. The first-order chi connectivity index (χ1) is 9.24. The van der Waals surface area contributed by atoms with Gasteiger partial charge in [-0.05, 0) is 29.3 Å². The van der Waals surface area contributed by atoms with Crippen LogP contribution in [0.1, 0.15) is 17.2 Å². The Morgan fingerprint density at radius 1 is 1.21 bits per heavy atom. The second-order valence-electron chi connectivity index (χ2n) is 4.54. The number of rotatable bonds is 2. The highest BCUT2D eigenvalue weighted by Gasteiger charge is 2.20. The van der Waals surface area contributed by atoms with Gasteiger partial charge in [-0.3, -0.25) is 0 Å². The van der Waals surface area contributed by atoms with Crippen LogP contribution < -0.4 is 5.32 Å². The third kappa shape index (κ3) is 2.57. The van der Waals surface area contributed by atoms with Crippen LogP contribution in [0.5, 0.6) is 0 Å². The Bertz CT molecular complexity index is 602. The SMILES string of the molecule is Fc1ccc(NC2COCc3ccccc32)c(Cl)c1. The average molecular weight is 278 g/mol. The highest BCUT2D eigenvalue weighted by Crippen LogP contribution is 2.31. The first kappa shape index (κ1) is 12.5. The molecule has 1 aliphatic rings. The molecule has 0 aliphatic carbocycles. The summed E-state index contributed by atoms with van der Waals surface area (Å²) >= 11 is 6.03. The smallest absolute Gasteiger partial charge is 0.124 e. The molecular weight excluding hydrogens is 265 g/mol. The molecule has 1 N–H and O–H groups in total. The maximum atomic E-state index is 13.0. The molecule has 0 fully saturated rings. The summed E-state index contributed by atoms with van der Waals surface area (Å²) < 4.78 is 18.6. The van der Waals surface area contributed by atoms with Gasteiger partial charge in [-0.25, -0.2) is 4.39 Å². The van der Waals surface area contributed by atoms with Gasteiger partial charge in [0.05, 0.1) is 30.0 Å². The van der Waals surface area contributed by atoms with Crippen LogP contribution in [0, 0.1) is 5.82 Å². The molecule has 98 valence electrons. The number of benzene rings is 2. The van der Waals surface area contributed by atoms with Gasteiger partial charge in [-0.15, -0.1) is 0 Å². The minimum absolute atomic E-state index is 0.0351. The van der Waals surface area contributed by atoms with Crippen LogP contribution in [0.4, 0.5) is 10.1 Å². The van der Waals surface area contributed by atoms with Crippen LogP contribution in [0.15, 0.2) is 42.5 Å². The molecule has 1 atom stereocenters. The Hall–Kier alpha value is -1.58. The molecule has 0 saturated heterocycles. The van der Waals surface area contributed by atoms with E-state index in [1.54, 1.807) is 6.07 Å². The maximum Gasteiger partial charge on any atom is 0.124 e. The number of hydrogen-bond donors (Lipinski definition) is 1. The third-order valence-corrected chi connectivity index (χ3v) is 3.55. The van der Waals surface area contributed by atoms with Gasteiger partial charge in [-0.2, -0.15) is 0 Å². The van der Waals surface area contributed by atoms with Gasteiger partial charge in [-0.1, -0.05) is 35.9 Å².